The molecule has 0 aromatic carbocycles. The number of rotatable bonds is 6. The molecule has 0 amide bonds. The third-order valence-corrected chi connectivity index (χ3v) is 8.00. The highest BCUT2D eigenvalue weighted by Crippen LogP contribution is 2.30. The van der Waals surface area contributed by atoms with Crippen molar-refractivity contribution >= 4 is 19.2 Å². The zero-order valence-electron chi connectivity index (χ0n) is 8.94. The van der Waals surface area contributed by atoms with Crippen molar-refractivity contribution in [1.82, 2.24) is 0 Å². The van der Waals surface area contributed by atoms with E-state index in [1.165, 1.54) is 25.7 Å². The highest BCUT2D eigenvalue weighted by atomic mass is 35.6. The lowest BCUT2D eigenvalue weighted by molar-refractivity contribution is 0.710. The molecule has 0 rings (SSSR count). The predicted octanol–water partition coefficient (Wildman–Crippen LogP) is 4.33. The zero-order valence-corrected chi connectivity index (χ0v) is 10.8. The Kier molecular flexibility index (Phi) is 7.26. The van der Waals surface area contributed by atoms with Crippen LogP contribution in [0.4, 0.5) is 0 Å². The van der Waals surface area contributed by atoms with Gasteiger partial charge in [0.05, 0.1) is 0 Å². The van der Waals surface area contributed by atoms with E-state index >= 15 is 0 Å². The molecule has 0 saturated heterocycles. The largest absolute Gasteiger partial charge is 0.171 e. The Morgan fingerprint density at radius 2 is 1.33 bits per heavy atom. The molecule has 0 aliphatic rings. The van der Waals surface area contributed by atoms with E-state index in [0.29, 0.717) is 0 Å². The topological polar surface area (TPSA) is 0 Å². The quantitative estimate of drug-likeness (QED) is 0.449. The van der Waals surface area contributed by atoms with Gasteiger partial charge in [0.15, 0.2) is 0 Å². The van der Waals surface area contributed by atoms with Gasteiger partial charge in [-0.3, -0.25) is 0 Å². The van der Waals surface area contributed by atoms with Crippen molar-refractivity contribution in [3.63, 3.8) is 0 Å². The summed E-state index contributed by atoms with van der Waals surface area (Å²) in [6, 6.07) is 0. The van der Waals surface area contributed by atoms with Gasteiger partial charge in [0, 0.05) is 0 Å². The second kappa shape index (κ2) is 6.96. The maximum absolute atomic E-state index is 6.48. The number of halogens is 1. The molecule has 74 valence electrons. The van der Waals surface area contributed by atoms with Gasteiger partial charge in [-0.15, -0.1) is 0 Å². The Balaban J connectivity index is 3.73. The third-order valence-electron chi connectivity index (χ3n) is 2.58. The van der Waals surface area contributed by atoms with E-state index in [2.05, 4.69) is 27.7 Å². The van der Waals surface area contributed by atoms with Crippen LogP contribution in [0.1, 0.15) is 53.4 Å². The summed E-state index contributed by atoms with van der Waals surface area (Å²) in [5, 5.41) is 0. The Hall–Kier alpha value is 0.507. The van der Waals surface area contributed by atoms with Gasteiger partial charge >= 0.3 is 0 Å². The molecule has 0 aliphatic carbocycles. The SMILES string of the molecule is CCCC(C)[SiH](Cl)C(C)CCC. The van der Waals surface area contributed by atoms with Crippen molar-refractivity contribution in [3.8, 4) is 0 Å². The molecule has 2 atom stereocenters. The van der Waals surface area contributed by atoms with E-state index in [-0.39, 0.29) is 0 Å². The lowest BCUT2D eigenvalue weighted by Crippen LogP contribution is -2.17. The van der Waals surface area contributed by atoms with Crippen molar-refractivity contribution in [2.75, 3.05) is 0 Å². The van der Waals surface area contributed by atoms with E-state index < -0.39 is 8.11 Å². The van der Waals surface area contributed by atoms with Gasteiger partial charge in [-0.25, -0.2) is 0 Å². The lowest BCUT2D eigenvalue weighted by atomic mass is 10.3. The second-order valence-electron chi connectivity index (χ2n) is 3.98. The maximum Gasteiger partial charge on any atom is 0.146 e. The van der Waals surface area contributed by atoms with E-state index in [9.17, 15) is 0 Å². The molecule has 0 radical (unpaired) electrons. The number of hydrogen-bond acceptors (Lipinski definition) is 0. The molecular weight excluding hydrogens is 184 g/mol. The predicted molar refractivity (Wildman–Crippen MR) is 61.7 cm³/mol. The molecule has 0 aromatic heterocycles. The Morgan fingerprint density at radius 1 is 1.00 bits per heavy atom. The molecule has 0 aromatic rings. The molecular formula is C10H23ClSi. The normalized spacial score (nSPS) is 18.8. The van der Waals surface area contributed by atoms with Crippen LogP contribution in [0.15, 0.2) is 0 Å². The monoisotopic (exact) mass is 206 g/mol. The first-order chi connectivity index (χ1) is 5.63. The number of hydrogen-bond donors (Lipinski definition) is 0. The van der Waals surface area contributed by atoms with E-state index in [1.54, 1.807) is 0 Å². The molecule has 0 spiro atoms. The Labute approximate surface area is 84.0 Å². The zero-order chi connectivity index (χ0) is 9.56. The average Bonchev–Trinajstić information content (AvgIpc) is 2.04. The van der Waals surface area contributed by atoms with Gasteiger partial charge in [0.2, 0.25) is 0 Å². The second-order valence-corrected chi connectivity index (χ2v) is 8.65. The molecule has 0 fully saturated rings. The van der Waals surface area contributed by atoms with Crippen LogP contribution in [-0.2, 0) is 0 Å². The van der Waals surface area contributed by atoms with Crippen LogP contribution in [0, 0.1) is 0 Å². The molecule has 2 heteroatoms. The van der Waals surface area contributed by atoms with Crippen LogP contribution < -0.4 is 0 Å². The Morgan fingerprint density at radius 3 is 1.58 bits per heavy atom. The summed E-state index contributed by atoms with van der Waals surface area (Å²) in [6.07, 6.45) is 5.23. The van der Waals surface area contributed by atoms with Crippen LogP contribution in [0.2, 0.25) is 11.1 Å². The minimum Gasteiger partial charge on any atom is -0.171 e. The summed E-state index contributed by atoms with van der Waals surface area (Å²) in [7, 11) is -0.953. The van der Waals surface area contributed by atoms with E-state index in [0.717, 1.165) is 11.1 Å². The van der Waals surface area contributed by atoms with Gasteiger partial charge < -0.3 is 0 Å². The van der Waals surface area contributed by atoms with Crippen LogP contribution in [-0.4, -0.2) is 8.11 Å². The van der Waals surface area contributed by atoms with Crippen molar-refractivity contribution < 1.29 is 0 Å². The first-order valence-corrected chi connectivity index (χ1v) is 8.35. The summed E-state index contributed by atoms with van der Waals surface area (Å²) in [4.78, 5) is 0. The molecule has 2 unspecified atom stereocenters. The average molecular weight is 207 g/mol. The minimum absolute atomic E-state index is 0.818. The molecule has 0 aliphatic heterocycles. The molecule has 12 heavy (non-hydrogen) atoms. The van der Waals surface area contributed by atoms with Crippen LogP contribution in [0.5, 0.6) is 0 Å². The van der Waals surface area contributed by atoms with Crippen LogP contribution in [0.25, 0.3) is 0 Å². The Bertz CT molecular complexity index is 94.0. The van der Waals surface area contributed by atoms with Crippen molar-refractivity contribution in [2.45, 2.75) is 64.5 Å². The van der Waals surface area contributed by atoms with Gasteiger partial charge in [-0.1, -0.05) is 53.4 Å². The van der Waals surface area contributed by atoms with E-state index in [4.69, 9.17) is 11.1 Å². The summed E-state index contributed by atoms with van der Waals surface area (Å²) in [5.74, 6) is 0. The maximum atomic E-state index is 6.48. The summed E-state index contributed by atoms with van der Waals surface area (Å²) in [6.45, 7) is 9.16. The summed E-state index contributed by atoms with van der Waals surface area (Å²) < 4.78 is 0. The van der Waals surface area contributed by atoms with Crippen LogP contribution >= 0.6 is 11.1 Å². The molecule has 0 saturated carbocycles. The highest BCUT2D eigenvalue weighted by Gasteiger charge is 2.21. The highest BCUT2D eigenvalue weighted by molar-refractivity contribution is 7.08. The van der Waals surface area contributed by atoms with Crippen molar-refractivity contribution in [1.29, 1.82) is 0 Å². The van der Waals surface area contributed by atoms with Crippen LogP contribution in [0.3, 0.4) is 0 Å². The van der Waals surface area contributed by atoms with Gasteiger partial charge in [-0.05, 0) is 11.1 Å². The fourth-order valence-corrected chi connectivity index (χ4v) is 4.97. The van der Waals surface area contributed by atoms with Gasteiger partial charge in [0.25, 0.3) is 0 Å². The van der Waals surface area contributed by atoms with E-state index in [1.807, 2.05) is 0 Å². The first kappa shape index (κ1) is 12.5. The lowest BCUT2D eigenvalue weighted by Gasteiger charge is -2.21. The molecule has 0 N–H and O–H groups in total. The minimum atomic E-state index is -0.953. The third kappa shape index (κ3) is 4.51. The standard InChI is InChI=1S/C10H23ClSi/c1-5-7-9(3)12(11)10(4)8-6-2/h9-10,12H,5-8H2,1-4H3. The fraction of sp³-hybridized carbons (Fsp3) is 1.00. The smallest absolute Gasteiger partial charge is 0.146 e. The molecule has 0 heterocycles. The summed E-state index contributed by atoms with van der Waals surface area (Å²) >= 11 is 6.48. The first-order valence-electron chi connectivity index (χ1n) is 5.27. The molecule has 0 nitrogen and oxygen atoms in total. The van der Waals surface area contributed by atoms with Gasteiger partial charge in [-0.2, -0.15) is 11.1 Å². The van der Waals surface area contributed by atoms with Gasteiger partial charge in [0.1, 0.15) is 8.11 Å². The molecule has 0 bridgehead atoms. The van der Waals surface area contributed by atoms with Crippen molar-refractivity contribution in [2.24, 2.45) is 0 Å². The fourth-order valence-electron chi connectivity index (χ4n) is 1.79. The summed E-state index contributed by atoms with van der Waals surface area (Å²) in [5.41, 5.74) is 1.64. The van der Waals surface area contributed by atoms with Crippen molar-refractivity contribution in [3.05, 3.63) is 0 Å².